The van der Waals surface area contributed by atoms with Crippen molar-refractivity contribution in [3.63, 3.8) is 0 Å². The highest BCUT2D eigenvalue weighted by molar-refractivity contribution is 6.30. The predicted octanol–water partition coefficient (Wildman–Crippen LogP) is 4.37. The van der Waals surface area contributed by atoms with Gasteiger partial charge < -0.3 is 9.80 Å². The maximum atomic E-state index is 13.1. The van der Waals surface area contributed by atoms with Crippen LogP contribution in [0.3, 0.4) is 0 Å². The van der Waals surface area contributed by atoms with Gasteiger partial charge in [-0.05, 0) is 30.2 Å². The number of carbonyl (C=O) groups is 1. The molecule has 6 heteroatoms. The molecule has 1 fully saturated rings. The van der Waals surface area contributed by atoms with Crippen LogP contribution in [-0.2, 0) is 4.79 Å². The first kappa shape index (κ1) is 19.5. The van der Waals surface area contributed by atoms with Gasteiger partial charge in [0.15, 0.2) is 0 Å². The van der Waals surface area contributed by atoms with E-state index in [-0.39, 0.29) is 11.8 Å². The minimum Gasteiger partial charge on any atom is -0.339 e. The first-order valence-electron chi connectivity index (χ1n) is 10.1. The summed E-state index contributed by atoms with van der Waals surface area (Å²) in [5.74, 6) is 1.03. The maximum Gasteiger partial charge on any atom is 0.230 e. The minimum absolute atomic E-state index is 0.0730. The Morgan fingerprint density at radius 2 is 1.83 bits per heavy atom. The second-order valence-electron chi connectivity index (χ2n) is 7.26. The quantitative estimate of drug-likeness (QED) is 0.629. The number of imidazole rings is 1. The van der Waals surface area contributed by atoms with Crippen molar-refractivity contribution in [2.45, 2.75) is 19.3 Å². The Labute approximate surface area is 176 Å². The number of rotatable bonds is 5. The topological polar surface area (TPSA) is 41.4 Å². The van der Waals surface area contributed by atoms with Crippen LogP contribution in [-0.4, -0.2) is 46.5 Å². The number of hydrogen-bond acceptors (Lipinski definition) is 3. The average molecular weight is 409 g/mol. The summed E-state index contributed by atoms with van der Waals surface area (Å²) in [4.78, 5) is 21.9. The van der Waals surface area contributed by atoms with E-state index < -0.39 is 0 Å². The van der Waals surface area contributed by atoms with Gasteiger partial charge in [0.25, 0.3) is 0 Å². The zero-order valence-electron chi connectivity index (χ0n) is 16.5. The molecule has 29 heavy (non-hydrogen) atoms. The van der Waals surface area contributed by atoms with Gasteiger partial charge in [0.05, 0.1) is 5.92 Å². The minimum atomic E-state index is -0.0730. The van der Waals surface area contributed by atoms with Crippen LogP contribution >= 0.6 is 11.6 Å². The Morgan fingerprint density at radius 1 is 1.07 bits per heavy atom. The van der Waals surface area contributed by atoms with E-state index >= 15 is 0 Å². The van der Waals surface area contributed by atoms with Crippen molar-refractivity contribution < 1.29 is 4.79 Å². The monoisotopic (exact) mass is 408 g/mol. The SMILES string of the molecule is CCC(C(=O)N1CCN(c2nccn2-c2cccc(Cl)c2)CC1)c1ccccc1. The normalized spacial score (nSPS) is 15.4. The van der Waals surface area contributed by atoms with Gasteiger partial charge in [0, 0.05) is 49.3 Å². The molecule has 1 atom stereocenters. The van der Waals surface area contributed by atoms with Crippen molar-refractivity contribution in [2.24, 2.45) is 0 Å². The lowest BCUT2D eigenvalue weighted by Gasteiger charge is -2.37. The van der Waals surface area contributed by atoms with Crippen molar-refractivity contribution in [3.8, 4) is 5.69 Å². The van der Waals surface area contributed by atoms with Gasteiger partial charge in [-0.25, -0.2) is 4.98 Å². The summed E-state index contributed by atoms with van der Waals surface area (Å²) in [6.07, 6.45) is 4.56. The second kappa shape index (κ2) is 8.70. The third-order valence-corrected chi connectivity index (χ3v) is 5.73. The van der Waals surface area contributed by atoms with Crippen LogP contribution in [0.1, 0.15) is 24.8 Å². The molecule has 0 bridgehead atoms. The molecular weight excluding hydrogens is 384 g/mol. The molecule has 1 amide bonds. The predicted molar refractivity (Wildman–Crippen MR) is 117 cm³/mol. The maximum absolute atomic E-state index is 13.1. The lowest BCUT2D eigenvalue weighted by Crippen LogP contribution is -2.50. The number of aromatic nitrogens is 2. The summed E-state index contributed by atoms with van der Waals surface area (Å²) >= 11 is 6.16. The summed E-state index contributed by atoms with van der Waals surface area (Å²) in [7, 11) is 0. The Kier molecular flexibility index (Phi) is 5.86. The Balaban J connectivity index is 1.45. The Bertz CT molecular complexity index is 964. The fourth-order valence-electron chi connectivity index (χ4n) is 3.94. The lowest BCUT2D eigenvalue weighted by atomic mass is 9.95. The van der Waals surface area contributed by atoms with E-state index in [2.05, 4.69) is 16.8 Å². The Morgan fingerprint density at radius 3 is 2.52 bits per heavy atom. The van der Waals surface area contributed by atoms with Crippen molar-refractivity contribution in [1.29, 1.82) is 0 Å². The van der Waals surface area contributed by atoms with Gasteiger partial charge in [0.1, 0.15) is 0 Å². The summed E-state index contributed by atoms with van der Waals surface area (Å²) in [5.41, 5.74) is 2.08. The number of halogens is 1. The molecule has 0 N–H and O–H groups in total. The number of carbonyl (C=O) groups excluding carboxylic acids is 1. The standard InChI is InChI=1S/C23H25ClN4O/c1-2-21(18-7-4-3-5-8-18)22(29)26-13-15-27(16-14-26)23-25-11-12-28(23)20-10-6-9-19(24)17-20/h3-12,17,21H,2,13-16H2,1H3. The summed E-state index contributed by atoms with van der Waals surface area (Å²) in [5, 5.41) is 0.698. The van der Waals surface area contributed by atoms with Crippen LogP contribution in [0.5, 0.6) is 0 Å². The highest BCUT2D eigenvalue weighted by Crippen LogP contribution is 2.25. The fraction of sp³-hybridized carbons (Fsp3) is 0.304. The van der Waals surface area contributed by atoms with Crippen LogP contribution in [0.25, 0.3) is 5.69 Å². The zero-order chi connectivity index (χ0) is 20.2. The van der Waals surface area contributed by atoms with Gasteiger partial charge in [-0.2, -0.15) is 0 Å². The number of benzene rings is 2. The Hall–Kier alpha value is -2.79. The molecule has 0 saturated carbocycles. The molecule has 2 aromatic carbocycles. The van der Waals surface area contributed by atoms with Gasteiger partial charge in [-0.3, -0.25) is 9.36 Å². The number of nitrogens with zero attached hydrogens (tertiary/aromatic N) is 4. The molecular formula is C23H25ClN4O. The van der Waals surface area contributed by atoms with Crippen LogP contribution < -0.4 is 4.90 Å². The molecule has 1 saturated heterocycles. The summed E-state index contributed by atoms with van der Waals surface area (Å²) in [6, 6.07) is 17.8. The highest BCUT2D eigenvalue weighted by Gasteiger charge is 2.28. The molecule has 0 spiro atoms. The number of anilines is 1. The molecule has 0 radical (unpaired) electrons. The summed E-state index contributed by atoms with van der Waals surface area (Å²) in [6.45, 7) is 4.99. The van der Waals surface area contributed by atoms with E-state index in [0.717, 1.165) is 36.7 Å². The highest BCUT2D eigenvalue weighted by atomic mass is 35.5. The van der Waals surface area contributed by atoms with Crippen molar-refractivity contribution >= 4 is 23.5 Å². The second-order valence-corrected chi connectivity index (χ2v) is 7.70. The fourth-order valence-corrected chi connectivity index (χ4v) is 4.13. The molecule has 5 nitrogen and oxygen atoms in total. The first-order chi connectivity index (χ1) is 14.2. The number of amides is 1. The third-order valence-electron chi connectivity index (χ3n) is 5.49. The molecule has 2 heterocycles. The van der Waals surface area contributed by atoms with Crippen LogP contribution in [0.15, 0.2) is 67.0 Å². The smallest absolute Gasteiger partial charge is 0.230 e. The van der Waals surface area contributed by atoms with Gasteiger partial charge >= 0.3 is 0 Å². The average Bonchev–Trinajstić information content (AvgIpc) is 3.25. The molecule has 0 aliphatic carbocycles. The van der Waals surface area contributed by atoms with E-state index in [4.69, 9.17) is 11.6 Å². The molecule has 1 unspecified atom stereocenters. The van der Waals surface area contributed by atoms with E-state index in [9.17, 15) is 4.79 Å². The molecule has 1 aliphatic heterocycles. The van der Waals surface area contributed by atoms with Gasteiger partial charge in [0.2, 0.25) is 11.9 Å². The van der Waals surface area contributed by atoms with Gasteiger partial charge in [-0.1, -0.05) is 54.9 Å². The summed E-state index contributed by atoms with van der Waals surface area (Å²) < 4.78 is 2.04. The van der Waals surface area contributed by atoms with Crippen LogP contribution in [0, 0.1) is 0 Å². The molecule has 4 rings (SSSR count). The molecule has 1 aromatic heterocycles. The molecule has 1 aliphatic rings. The number of piperazine rings is 1. The van der Waals surface area contributed by atoms with Crippen LogP contribution in [0.4, 0.5) is 5.95 Å². The lowest BCUT2D eigenvalue weighted by molar-refractivity contribution is -0.133. The molecule has 150 valence electrons. The van der Waals surface area contributed by atoms with E-state index in [1.807, 2.05) is 70.3 Å². The largest absolute Gasteiger partial charge is 0.339 e. The zero-order valence-corrected chi connectivity index (χ0v) is 17.3. The third kappa shape index (κ3) is 4.15. The van der Waals surface area contributed by atoms with E-state index in [0.29, 0.717) is 18.1 Å². The van der Waals surface area contributed by atoms with E-state index in [1.54, 1.807) is 6.20 Å². The van der Waals surface area contributed by atoms with Crippen molar-refractivity contribution in [2.75, 3.05) is 31.1 Å². The molecule has 3 aromatic rings. The number of hydrogen-bond donors (Lipinski definition) is 0. The van der Waals surface area contributed by atoms with Crippen molar-refractivity contribution in [1.82, 2.24) is 14.5 Å². The first-order valence-corrected chi connectivity index (χ1v) is 10.4. The van der Waals surface area contributed by atoms with Crippen LogP contribution in [0.2, 0.25) is 5.02 Å². The van der Waals surface area contributed by atoms with Gasteiger partial charge in [-0.15, -0.1) is 0 Å². The van der Waals surface area contributed by atoms with E-state index in [1.165, 1.54) is 0 Å². The van der Waals surface area contributed by atoms with Crippen molar-refractivity contribution in [3.05, 3.63) is 77.6 Å².